The molecule has 1 N–H and O–H groups in total. The lowest BCUT2D eigenvalue weighted by Crippen LogP contribution is -2.47. The SMILES string of the molecule is CCNC(=O)C(C)N(Cc1ccc(C)cc1)C(=O)CCCN(c1cc(C)cc(C)c1)S(C)(=O)=O. The number of hydrogen-bond donors (Lipinski definition) is 1. The van der Waals surface area contributed by atoms with Gasteiger partial charge in [0.05, 0.1) is 11.9 Å². The molecule has 2 aromatic rings. The Bertz CT molecular complexity index is 1080. The van der Waals surface area contributed by atoms with Crippen molar-refractivity contribution in [2.24, 2.45) is 0 Å². The van der Waals surface area contributed by atoms with E-state index in [2.05, 4.69) is 5.32 Å². The van der Waals surface area contributed by atoms with Crippen LogP contribution in [0, 0.1) is 20.8 Å². The van der Waals surface area contributed by atoms with Gasteiger partial charge in [-0.15, -0.1) is 0 Å². The van der Waals surface area contributed by atoms with Gasteiger partial charge in [-0.3, -0.25) is 13.9 Å². The molecule has 0 aliphatic heterocycles. The number of amides is 2. The summed E-state index contributed by atoms with van der Waals surface area (Å²) >= 11 is 0. The molecule has 0 heterocycles. The van der Waals surface area contributed by atoms with Crippen LogP contribution in [0.4, 0.5) is 5.69 Å². The van der Waals surface area contributed by atoms with Crippen LogP contribution in [-0.2, 0) is 26.2 Å². The number of carbonyl (C=O) groups is 2. The van der Waals surface area contributed by atoms with Crippen molar-refractivity contribution in [3.63, 3.8) is 0 Å². The molecular weight excluding hydrogens is 450 g/mol. The highest BCUT2D eigenvalue weighted by Crippen LogP contribution is 2.22. The summed E-state index contributed by atoms with van der Waals surface area (Å²) < 4.78 is 26.3. The van der Waals surface area contributed by atoms with Crippen molar-refractivity contribution in [2.45, 2.75) is 60.0 Å². The van der Waals surface area contributed by atoms with E-state index in [9.17, 15) is 18.0 Å². The van der Waals surface area contributed by atoms with Gasteiger partial charge in [0.2, 0.25) is 21.8 Å². The molecule has 0 radical (unpaired) electrons. The van der Waals surface area contributed by atoms with E-state index < -0.39 is 16.1 Å². The minimum atomic E-state index is -3.52. The van der Waals surface area contributed by atoms with Crippen LogP contribution in [0.25, 0.3) is 0 Å². The van der Waals surface area contributed by atoms with Crippen molar-refractivity contribution in [2.75, 3.05) is 23.7 Å². The van der Waals surface area contributed by atoms with Gasteiger partial charge in [0.1, 0.15) is 6.04 Å². The van der Waals surface area contributed by atoms with E-state index in [1.54, 1.807) is 11.8 Å². The average Bonchev–Trinajstić information content (AvgIpc) is 2.74. The largest absolute Gasteiger partial charge is 0.355 e. The summed E-state index contributed by atoms with van der Waals surface area (Å²) in [6.45, 7) is 10.4. The van der Waals surface area contributed by atoms with Gasteiger partial charge in [-0.2, -0.15) is 0 Å². The first-order chi connectivity index (χ1) is 15.9. The molecule has 1 unspecified atom stereocenters. The highest BCUT2D eigenvalue weighted by atomic mass is 32.2. The summed E-state index contributed by atoms with van der Waals surface area (Å²) in [6, 6.07) is 12.9. The van der Waals surface area contributed by atoms with Crippen molar-refractivity contribution in [1.82, 2.24) is 10.2 Å². The third-order valence-electron chi connectivity index (χ3n) is 5.64. The molecule has 0 saturated heterocycles. The Labute approximate surface area is 204 Å². The first-order valence-corrected chi connectivity index (χ1v) is 13.5. The standard InChI is InChI=1S/C26H37N3O4S/c1-7-27-26(31)22(5)28(18-23-12-10-19(2)11-13-23)25(30)9-8-14-29(34(6,32)33)24-16-20(3)15-21(4)17-24/h10-13,15-17,22H,7-9,14,18H2,1-6H3,(H,27,31). The Kier molecular flexibility index (Phi) is 9.67. The lowest BCUT2D eigenvalue weighted by molar-refractivity contribution is -0.140. The normalized spacial score (nSPS) is 12.2. The van der Waals surface area contributed by atoms with E-state index in [0.717, 1.165) is 22.3 Å². The van der Waals surface area contributed by atoms with E-state index in [1.165, 1.54) is 10.6 Å². The van der Waals surface area contributed by atoms with Gasteiger partial charge in [0.15, 0.2) is 0 Å². The Balaban J connectivity index is 2.17. The van der Waals surface area contributed by atoms with Crippen LogP contribution >= 0.6 is 0 Å². The fraction of sp³-hybridized carbons (Fsp3) is 0.462. The number of aryl methyl sites for hydroxylation is 3. The van der Waals surface area contributed by atoms with Gasteiger partial charge >= 0.3 is 0 Å². The molecule has 2 amide bonds. The van der Waals surface area contributed by atoms with Gasteiger partial charge in [0.25, 0.3) is 0 Å². The number of benzene rings is 2. The Morgan fingerprint density at radius 3 is 2.09 bits per heavy atom. The van der Waals surface area contributed by atoms with Gasteiger partial charge < -0.3 is 10.2 Å². The van der Waals surface area contributed by atoms with E-state index in [4.69, 9.17) is 0 Å². The zero-order valence-electron chi connectivity index (χ0n) is 21.1. The molecule has 0 bridgehead atoms. The first kappa shape index (κ1) is 27.4. The van der Waals surface area contributed by atoms with Crippen LogP contribution in [0.5, 0.6) is 0 Å². The maximum atomic E-state index is 13.2. The van der Waals surface area contributed by atoms with E-state index in [-0.39, 0.29) is 24.8 Å². The molecule has 0 spiro atoms. The lowest BCUT2D eigenvalue weighted by atomic mass is 10.1. The monoisotopic (exact) mass is 487 g/mol. The number of anilines is 1. The fourth-order valence-corrected chi connectivity index (χ4v) is 4.84. The third kappa shape index (κ3) is 7.87. The molecule has 0 aliphatic rings. The second kappa shape index (κ2) is 12.0. The Morgan fingerprint density at radius 1 is 0.971 bits per heavy atom. The molecule has 0 fully saturated rings. The van der Waals surface area contributed by atoms with Crippen LogP contribution in [0.2, 0.25) is 0 Å². The number of nitrogens with one attached hydrogen (secondary N) is 1. The van der Waals surface area contributed by atoms with Gasteiger partial charge in [0, 0.05) is 26.1 Å². The van der Waals surface area contributed by atoms with Gasteiger partial charge in [-0.05, 0) is 69.9 Å². The van der Waals surface area contributed by atoms with E-state index >= 15 is 0 Å². The van der Waals surface area contributed by atoms with Crippen molar-refractivity contribution in [3.8, 4) is 0 Å². The third-order valence-corrected chi connectivity index (χ3v) is 6.83. The van der Waals surface area contributed by atoms with Crippen LogP contribution in [0.15, 0.2) is 42.5 Å². The summed E-state index contributed by atoms with van der Waals surface area (Å²) in [5.41, 5.74) is 4.59. The predicted molar refractivity (Wildman–Crippen MR) is 137 cm³/mol. The van der Waals surface area contributed by atoms with Crippen molar-refractivity contribution < 1.29 is 18.0 Å². The molecule has 1 atom stereocenters. The molecule has 0 aliphatic carbocycles. The quantitative estimate of drug-likeness (QED) is 0.523. The van der Waals surface area contributed by atoms with Crippen LogP contribution in [0.3, 0.4) is 0 Å². The molecular formula is C26H37N3O4S. The highest BCUT2D eigenvalue weighted by Gasteiger charge is 2.26. The van der Waals surface area contributed by atoms with E-state index in [0.29, 0.717) is 25.2 Å². The maximum absolute atomic E-state index is 13.2. The van der Waals surface area contributed by atoms with Crippen LogP contribution in [0.1, 0.15) is 48.9 Å². The Morgan fingerprint density at radius 2 is 1.56 bits per heavy atom. The number of sulfonamides is 1. The van der Waals surface area contributed by atoms with Crippen LogP contribution < -0.4 is 9.62 Å². The number of nitrogens with zero attached hydrogens (tertiary/aromatic N) is 2. The number of likely N-dealkylation sites (N-methyl/N-ethyl adjacent to an activating group) is 1. The summed E-state index contributed by atoms with van der Waals surface area (Å²) in [7, 11) is -3.52. The van der Waals surface area contributed by atoms with E-state index in [1.807, 2.05) is 70.2 Å². The summed E-state index contributed by atoms with van der Waals surface area (Å²) in [5, 5.41) is 2.78. The molecule has 34 heavy (non-hydrogen) atoms. The number of rotatable bonds is 11. The van der Waals surface area contributed by atoms with Crippen molar-refractivity contribution in [3.05, 3.63) is 64.7 Å². The molecule has 8 heteroatoms. The smallest absolute Gasteiger partial charge is 0.242 e. The first-order valence-electron chi connectivity index (χ1n) is 11.6. The van der Waals surface area contributed by atoms with Crippen molar-refractivity contribution >= 4 is 27.5 Å². The molecule has 186 valence electrons. The molecule has 2 aromatic carbocycles. The Hall–Kier alpha value is -2.87. The minimum absolute atomic E-state index is 0.131. The maximum Gasteiger partial charge on any atom is 0.242 e. The molecule has 7 nitrogen and oxygen atoms in total. The summed E-state index contributed by atoms with van der Waals surface area (Å²) in [6.07, 6.45) is 1.64. The molecule has 0 saturated carbocycles. The zero-order valence-corrected chi connectivity index (χ0v) is 21.9. The predicted octanol–water partition coefficient (Wildman–Crippen LogP) is 3.71. The van der Waals surface area contributed by atoms with Crippen molar-refractivity contribution in [1.29, 1.82) is 0 Å². The second-order valence-electron chi connectivity index (χ2n) is 8.86. The minimum Gasteiger partial charge on any atom is -0.355 e. The van der Waals surface area contributed by atoms with Crippen LogP contribution in [-0.4, -0.2) is 50.5 Å². The summed E-state index contributed by atoms with van der Waals surface area (Å²) in [4.78, 5) is 27.3. The lowest BCUT2D eigenvalue weighted by Gasteiger charge is -2.29. The molecule has 0 aromatic heterocycles. The second-order valence-corrected chi connectivity index (χ2v) is 10.8. The molecule has 2 rings (SSSR count). The topological polar surface area (TPSA) is 86.8 Å². The number of carbonyl (C=O) groups excluding carboxylic acids is 2. The average molecular weight is 488 g/mol. The highest BCUT2D eigenvalue weighted by molar-refractivity contribution is 7.92. The zero-order chi connectivity index (χ0) is 25.5. The number of hydrogen-bond acceptors (Lipinski definition) is 4. The summed E-state index contributed by atoms with van der Waals surface area (Å²) in [5.74, 6) is -0.399. The van der Waals surface area contributed by atoms with Gasteiger partial charge in [-0.25, -0.2) is 8.42 Å². The fourth-order valence-electron chi connectivity index (χ4n) is 3.89. The van der Waals surface area contributed by atoms with Gasteiger partial charge in [-0.1, -0.05) is 35.9 Å².